The zero-order chi connectivity index (χ0) is 18.7. The van der Waals surface area contributed by atoms with Gasteiger partial charge in [0.25, 0.3) is 0 Å². The Balaban J connectivity index is 1.56. The standard InChI is InChI=1S/C22H20N2O3/c1-11-3-5-17-13(7-11)21(25)15-9-20-16(10-19(15)23-17)22(26)14-8-12(27-2)4-6-18(14)24-20/h3-6,8,10,13,20,23-24H,7,9H2,1-2H3. The van der Waals surface area contributed by atoms with Crippen LogP contribution in [0.5, 0.6) is 5.75 Å². The monoisotopic (exact) mass is 360 g/mol. The SMILES string of the molecule is COc1ccc2c(c1)C(=O)C1=CC3=C(CC1N2)C(=O)C1CC(C)=CC=C1N3. The Kier molecular flexibility index (Phi) is 3.41. The van der Waals surface area contributed by atoms with Crippen molar-refractivity contribution < 1.29 is 14.3 Å². The van der Waals surface area contributed by atoms with Crippen molar-refractivity contribution in [2.75, 3.05) is 12.4 Å². The van der Waals surface area contributed by atoms with Crippen LogP contribution in [0.1, 0.15) is 30.1 Å². The molecule has 5 heteroatoms. The van der Waals surface area contributed by atoms with Crippen LogP contribution in [0.15, 0.2) is 64.5 Å². The van der Waals surface area contributed by atoms with Crippen LogP contribution in [0.25, 0.3) is 0 Å². The number of benzene rings is 1. The van der Waals surface area contributed by atoms with E-state index in [9.17, 15) is 9.59 Å². The van der Waals surface area contributed by atoms with Gasteiger partial charge in [0.2, 0.25) is 0 Å². The summed E-state index contributed by atoms with van der Waals surface area (Å²) in [4.78, 5) is 26.2. The Hall–Kier alpha value is -3.08. The smallest absolute Gasteiger partial charge is 0.193 e. The molecule has 0 fully saturated rings. The maximum atomic E-state index is 13.1. The molecule has 0 amide bonds. The van der Waals surface area contributed by atoms with Gasteiger partial charge in [-0.3, -0.25) is 9.59 Å². The van der Waals surface area contributed by atoms with Crippen molar-refractivity contribution in [3.05, 3.63) is 70.1 Å². The number of ether oxygens (including phenoxy) is 1. The average molecular weight is 360 g/mol. The average Bonchev–Trinajstić information content (AvgIpc) is 2.68. The fraction of sp³-hybridized carbons (Fsp3) is 0.273. The van der Waals surface area contributed by atoms with E-state index < -0.39 is 0 Å². The summed E-state index contributed by atoms with van der Waals surface area (Å²) >= 11 is 0. The van der Waals surface area contributed by atoms with Gasteiger partial charge in [-0.15, -0.1) is 0 Å². The van der Waals surface area contributed by atoms with E-state index in [0.717, 1.165) is 29.1 Å². The Bertz CT molecular complexity index is 1030. The number of methoxy groups -OCH3 is 1. The molecule has 0 saturated carbocycles. The minimum atomic E-state index is -0.173. The first-order valence-corrected chi connectivity index (χ1v) is 9.17. The highest BCUT2D eigenvalue weighted by Gasteiger charge is 2.40. The second-order valence-corrected chi connectivity index (χ2v) is 7.51. The minimum absolute atomic E-state index is 0.0102. The van der Waals surface area contributed by atoms with Crippen molar-refractivity contribution in [3.8, 4) is 5.75 Å². The summed E-state index contributed by atoms with van der Waals surface area (Å²) in [5.41, 5.74) is 5.79. The van der Waals surface area contributed by atoms with Crippen LogP contribution in [0, 0.1) is 5.92 Å². The summed E-state index contributed by atoms with van der Waals surface area (Å²) in [6.07, 6.45) is 7.16. The van der Waals surface area contributed by atoms with Gasteiger partial charge in [0, 0.05) is 40.2 Å². The second kappa shape index (κ2) is 5.71. The number of allylic oxidation sites excluding steroid dienone is 5. The normalized spacial score (nSPS) is 25.6. The largest absolute Gasteiger partial charge is 0.497 e. The van der Waals surface area contributed by atoms with E-state index in [1.807, 2.05) is 30.4 Å². The van der Waals surface area contributed by atoms with Crippen LogP contribution in [0.2, 0.25) is 0 Å². The van der Waals surface area contributed by atoms with Gasteiger partial charge in [0.05, 0.1) is 19.1 Å². The summed E-state index contributed by atoms with van der Waals surface area (Å²) in [6, 6.07) is 5.29. The lowest BCUT2D eigenvalue weighted by molar-refractivity contribution is -0.118. The molecule has 2 heterocycles. The van der Waals surface area contributed by atoms with E-state index in [-0.39, 0.29) is 23.5 Å². The molecule has 2 aliphatic heterocycles. The number of Topliss-reactive ketones (excluding diaryl/α,β-unsaturated/α-hetero) is 2. The van der Waals surface area contributed by atoms with Crippen molar-refractivity contribution in [3.63, 3.8) is 0 Å². The van der Waals surface area contributed by atoms with E-state index in [0.29, 0.717) is 23.3 Å². The van der Waals surface area contributed by atoms with Crippen LogP contribution < -0.4 is 15.4 Å². The number of nitrogens with one attached hydrogen (secondary N) is 2. The van der Waals surface area contributed by atoms with E-state index in [2.05, 4.69) is 17.6 Å². The van der Waals surface area contributed by atoms with Crippen LogP contribution in [-0.2, 0) is 4.79 Å². The van der Waals surface area contributed by atoms with Gasteiger partial charge in [0.1, 0.15) is 5.75 Å². The predicted molar refractivity (Wildman–Crippen MR) is 103 cm³/mol. The molecule has 2 unspecified atom stereocenters. The van der Waals surface area contributed by atoms with E-state index in [1.165, 1.54) is 5.57 Å². The zero-order valence-corrected chi connectivity index (χ0v) is 15.3. The molecule has 5 nitrogen and oxygen atoms in total. The van der Waals surface area contributed by atoms with Crippen LogP contribution in [0.3, 0.4) is 0 Å². The molecule has 0 aromatic heterocycles. The molecule has 0 saturated heterocycles. The molecule has 4 aliphatic rings. The second-order valence-electron chi connectivity index (χ2n) is 7.51. The summed E-state index contributed by atoms with van der Waals surface area (Å²) in [6.45, 7) is 2.05. The lowest BCUT2D eigenvalue weighted by atomic mass is 9.75. The van der Waals surface area contributed by atoms with Gasteiger partial charge in [-0.1, -0.05) is 11.6 Å². The first kappa shape index (κ1) is 16.1. The number of anilines is 1. The highest BCUT2D eigenvalue weighted by Crippen LogP contribution is 2.40. The fourth-order valence-electron chi connectivity index (χ4n) is 4.35. The molecule has 1 aromatic carbocycles. The van der Waals surface area contributed by atoms with Gasteiger partial charge >= 0.3 is 0 Å². The predicted octanol–water partition coefficient (Wildman–Crippen LogP) is 3.28. The van der Waals surface area contributed by atoms with Gasteiger partial charge in [-0.25, -0.2) is 0 Å². The van der Waals surface area contributed by atoms with Crippen LogP contribution >= 0.6 is 0 Å². The molecule has 136 valence electrons. The zero-order valence-electron chi connectivity index (χ0n) is 15.3. The summed E-state index contributed by atoms with van der Waals surface area (Å²) in [5, 5.41) is 6.83. The number of fused-ring (bicyclic) bond motifs is 3. The van der Waals surface area contributed by atoms with Gasteiger partial charge in [0.15, 0.2) is 11.6 Å². The Labute approximate surface area is 157 Å². The number of ketones is 2. The molecule has 1 aromatic rings. The lowest BCUT2D eigenvalue weighted by Crippen LogP contribution is -2.42. The first-order chi connectivity index (χ1) is 13.0. The van der Waals surface area contributed by atoms with Gasteiger partial charge < -0.3 is 15.4 Å². The minimum Gasteiger partial charge on any atom is -0.497 e. The van der Waals surface area contributed by atoms with Crippen molar-refractivity contribution in [2.45, 2.75) is 25.8 Å². The molecule has 27 heavy (non-hydrogen) atoms. The molecule has 5 rings (SSSR count). The molecule has 2 aliphatic carbocycles. The van der Waals surface area contributed by atoms with Crippen molar-refractivity contribution in [1.82, 2.24) is 5.32 Å². The van der Waals surface area contributed by atoms with E-state index >= 15 is 0 Å². The third-order valence-corrected chi connectivity index (χ3v) is 5.81. The number of carbonyl (C=O) groups is 2. The van der Waals surface area contributed by atoms with Crippen molar-refractivity contribution in [2.24, 2.45) is 5.92 Å². The molecule has 2 N–H and O–H groups in total. The van der Waals surface area contributed by atoms with E-state index in [1.54, 1.807) is 13.2 Å². The number of rotatable bonds is 1. The third-order valence-electron chi connectivity index (χ3n) is 5.81. The molecular formula is C22H20N2O3. The maximum absolute atomic E-state index is 13.1. The lowest BCUT2D eigenvalue weighted by Gasteiger charge is -2.38. The number of carbonyl (C=O) groups excluding carboxylic acids is 2. The maximum Gasteiger partial charge on any atom is 0.193 e. The van der Waals surface area contributed by atoms with Crippen molar-refractivity contribution in [1.29, 1.82) is 0 Å². The quantitative estimate of drug-likeness (QED) is 0.804. The molecule has 0 bridgehead atoms. The molecular weight excluding hydrogens is 340 g/mol. The highest BCUT2D eigenvalue weighted by molar-refractivity contribution is 6.16. The highest BCUT2D eigenvalue weighted by atomic mass is 16.5. The summed E-state index contributed by atoms with van der Waals surface area (Å²) in [7, 11) is 1.59. The first-order valence-electron chi connectivity index (χ1n) is 9.17. The van der Waals surface area contributed by atoms with Gasteiger partial charge in [-0.05, 0) is 43.7 Å². The molecule has 2 atom stereocenters. The topological polar surface area (TPSA) is 67.4 Å². The molecule has 0 radical (unpaired) electrons. The fourth-order valence-corrected chi connectivity index (χ4v) is 4.35. The Morgan fingerprint density at radius 3 is 2.81 bits per heavy atom. The third kappa shape index (κ3) is 2.38. The van der Waals surface area contributed by atoms with Crippen LogP contribution in [0.4, 0.5) is 5.69 Å². The molecule has 0 spiro atoms. The van der Waals surface area contributed by atoms with Gasteiger partial charge in [-0.2, -0.15) is 0 Å². The summed E-state index contributed by atoms with van der Waals surface area (Å²) < 4.78 is 5.25. The van der Waals surface area contributed by atoms with Crippen LogP contribution in [-0.4, -0.2) is 24.7 Å². The Morgan fingerprint density at radius 2 is 2.00 bits per heavy atom. The van der Waals surface area contributed by atoms with E-state index in [4.69, 9.17) is 4.74 Å². The Morgan fingerprint density at radius 1 is 1.15 bits per heavy atom. The van der Waals surface area contributed by atoms with Crippen molar-refractivity contribution >= 4 is 17.3 Å². The summed E-state index contributed by atoms with van der Waals surface area (Å²) in [5.74, 6) is 0.693. The number of hydrogen-bond donors (Lipinski definition) is 2. The number of hydrogen-bond acceptors (Lipinski definition) is 5.